The van der Waals surface area contributed by atoms with Crippen LogP contribution in [-0.4, -0.2) is 46.4 Å². The first-order chi connectivity index (χ1) is 12.6. The monoisotopic (exact) mass is 399 g/mol. The van der Waals surface area contributed by atoms with Crippen LogP contribution in [0, 0.1) is 11.6 Å². The van der Waals surface area contributed by atoms with Crippen molar-refractivity contribution in [3.8, 4) is 5.75 Å². The molecule has 7 nitrogen and oxygen atoms in total. The van der Waals surface area contributed by atoms with Crippen LogP contribution in [0.5, 0.6) is 5.75 Å². The van der Waals surface area contributed by atoms with E-state index in [1.165, 1.54) is 39.4 Å². The van der Waals surface area contributed by atoms with Gasteiger partial charge in [0.15, 0.2) is 0 Å². The van der Waals surface area contributed by atoms with Crippen LogP contribution in [0.1, 0.15) is 0 Å². The molecule has 0 aliphatic carbocycles. The van der Waals surface area contributed by atoms with Crippen LogP contribution in [0.4, 0.5) is 20.2 Å². The molecule has 0 radical (unpaired) electrons. The molecule has 0 unspecified atom stereocenters. The fraction of sp³-hybridized carbons (Fsp3) is 0.235. The van der Waals surface area contributed by atoms with Gasteiger partial charge in [0.1, 0.15) is 17.4 Å². The number of halogens is 2. The number of sulfonamides is 1. The lowest BCUT2D eigenvalue weighted by atomic mass is 10.2. The van der Waals surface area contributed by atoms with Gasteiger partial charge in [-0.2, -0.15) is 0 Å². The van der Waals surface area contributed by atoms with Crippen LogP contribution in [0.25, 0.3) is 0 Å². The second kappa shape index (κ2) is 8.31. The summed E-state index contributed by atoms with van der Waals surface area (Å²) in [5.74, 6) is -1.85. The third kappa shape index (κ3) is 5.14. The Morgan fingerprint density at radius 2 is 1.74 bits per heavy atom. The van der Waals surface area contributed by atoms with Gasteiger partial charge < -0.3 is 15.4 Å². The molecular weight excluding hydrogens is 380 g/mol. The molecule has 146 valence electrons. The molecule has 2 aromatic rings. The molecule has 1 amide bonds. The molecular formula is C17H19F2N3O4S. The van der Waals surface area contributed by atoms with Crippen molar-refractivity contribution < 1.29 is 26.7 Å². The van der Waals surface area contributed by atoms with Crippen LogP contribution < -0.4 is 15.4 Å². The molecule has 0 aromatic heterocycles. The number of amides is 1. The summed E-state index contributed by atoms with van der Waals surface area (Å²) in [7, 11) is 0.454. The van der Waals surface area contributed by atoms with E-state index in [1.54, 1.807) is 0 Å². The number of nitrogens with one attached hydrogen (secondary N) is 2. The van der Waals surface area contributed by atoms with E-state index in [0.717, 1.165) is 16.4 Å². The lowest BCUT2D eigenvalue weighted by molar-refractivity contribution is -0.114. The van der Waals surface area contributed by atoms with Crippen molar-refractivity contribution in [2.24, 2.45) is 0 Å². The SMILES string of the molecule is COc1ccc(S(=O)(=O)N(C)C)cc1NC(=O)CNc1cc(F)cc(F)c1. The van der Waals surface area contributed by atoms with Crippen molar-refractivity contribution >= 4 is 27.3 Å². The van der Waals surface area contributed by atoms with E-state index < -0.39 is 27.6 Å². The van der Waals surface area contributed by atoms with E-state index in [4.69, 9.17) is 4.74 Å². The minimum absolute atomic E-state index is 0.0243. The van der Waals surface area contributed by atoms with Gasteiger partial charge in [0.25, 0.3) is 0 Å². The summed E-state index contributed by atoms with van der Waals surface area (Å²) in [6.45, 7) is -0.295. The Balaban J connectivity index is 2.16. The van der Waals surface area contributed by atoms with Gasteiger partial charge in [-0.05, 0) is 30.3 Å². The zero-order valence-corrected chi connectivity index (χ0v) is 15.7. The number of carbonyl (C=O) groups excluding carboxylic acids is 1. The molecule has 2 N–H and O–H groups in total. The van der Waals surface area contributed by atoms with Gasteiger partial charge in [0.05, 0.1) is 24.2 Å². The summed E-state index contributed by atoms with van der Waals surface area (Å²) >= 11 is 0. The van der Waals surface area contributed by atoms with Crippen molar-refractivity contribution in [1.82, 2.24) is 4.31 Å². The second-order valence-electron chi connectivity index (χ2n) is 5.71. The molecule has 0 bridgehead atoms. The summed E-state index contributed by atoms with van der Waals surface area (Å²) in [6.07, 6.45) is 0. The van der Waals surface area contributed by atoms with E-state index in [9.17, 15) is 22.0 Å². The standard InChI is InChI=1S/C17H19F2N3O4S/c1-22(2)27(24,25)14-4-5-16(26-3)15(9-14)21-17(23)10-20-13-7-11(18)6-12(19)8-13/h4-9,20H,10H2,1-3H3,(H,21,23). The van der Waals surface area contributed by atoms with Crippen molar-refractivity contribution in [2.45, 2.75) is 4.90 Å². The number of carbonyl (C=O) groups is 1. The third-order valence-electron chi connectivity index (χ3n) is 3.54. The molecule has 0 saturated heterocycles. The smallest absolute Gasteiger partial charge is 0.243 e. The predicted octanol–water partition coefficient (Wildman–Crippen LogP) is 2.27. The number of rotatable bonds is 7. The zero-order valence-electron chi connectivity index (χ0n) is 14.9. The maximum atomic E-state index is 13.2. The lowest BCUT2D eigenvalue weighted by Gasteiger charge is -2.15. The molecule has 0 fully saturated rings. The zero-order chi connectivity index (χ0) is 20.2. The summed E-state index contributed by atoms with van der Waals surface area (Å²) in [6, 6.07) is 6.85. The highest BCUT2D eigenvalue weighted by molar-refractivity contribution is 7.89. The van der Waals surface area contributed by atoms with E-state index in [-0.39, 0.29) is 28.6 Å². The van der Waals surface area contributed by atoms with Gasteiger partial charge in [0.2, 0.25) is 15.9 Å². The van der Waals surface area contributed by atoms with Crippen LogP contribution in [0.3, 0.4) is 0 Å². The van der Waals surface area contributed by atoms with Crippen LogP contribution in [-0.2, 0) is 14.8 Å². The lowest BCUT2D eigenvalue weighted by Crippen LogP contribution is -2.24. The molecule has 10 heteroatoms. The van der Waals surface area contributed by atoms with Gasteiger partial charge >= 0.3 is 0 Å². The fourth-order valence-corrected chi connectivity index (χ4v) is 3.12. The Morgan fingerprint density at radius 3 is 2.30 bits per heavy atom. The number of anilines is 2. The number of benzene rings is 2. The molecule has 0 aliphatic rings. The van der Waals surface area contributed by atoms with Gasteiger partial charge in [-0.15, -0.1) is 0 Å². The molecule has 0 heterocycles. The molecule has 0 atom stereocenters. The van der Waals surface area contributed by atoms with Gasteiger partial charge in [-0.3, -0.25) is 4.79 Å². The Hall–Kier alpha value is -2.72. The summed E-state index contributed by atoms with van der Waals surface area (Å²) in [5.41, 5.74) is 0.246. The van der Waals surface area contributed by atoms with Crippen molar-refractivity contribution in [1.29, 1.82) is 0 Å². The summed E-state index contributed by atoms with van der Waals surface area (Å²) in [5, 5.41) is 5.10. The van der Waals surface area contributed by atoms with Gasteiger partial charge in [-0.1, -0.05) is 0 Å². The normalized spacial score (nSPS) is 11.3. The molecule has 2 rings (SSSR count). The first-order valence-corrected chi connectivity index (χ1v) is 9.18. The van der Waals surface area contributed by atoms with E-state index in [2.05, 4.69) is 10.6 Å². The number of hydrogen-bond donors (Lipinski definition) is 2. The molecule has 0 saturated carbocycles. The highest BCUT2D eigenvalue weighted by Gasteiger charge is 2.19. The Kier molecular flexibility index (Phi) is 6.34. The quantitative estimate of drug-likeness (QED) is 0.746. The highest BCUT2D eigenvalue weighted by Crippen LogP contribution is 2.28. The van der Waals surface area contributed by atoms with Crippen molar-refractivity contribution in [2.75, 3.05) is 38.4 Å². The Bertz CT molecular complexity index is 929. The summed E-state index contributed by atoms with van der Waals surface area (Å²) < 4.78 is 57.0. The Morgan fingerprint density at radius 1 is 1.11 bits per heavy atom. The van der Waals surface area contributed by atoms with Crippen molar-refractivity contribution in [3.05, 3.63) is 48.0 Å². The predicted molar refractivity (Wildman–Crippen MR) is 97.3 cm³/mol. The van der Waals surface area contributed by atoms with Gasteiger partial charge in [-0.25, -0.2) is 21.5 Å². The molecule has 0 aliphatic heterocycles. The number of hydrogen-bond acceptors (Lipinski definition) is 5. The molecule has 0 spiro atoms. The summed E-state index contributed by atoms with van der Waals surface area (Å²) in [4.78, 5) is 12.1. The number of methoxy groups -OCH3 is 1. The maximum absolute atomic E-state index is 13.2. The number of ether oxygens (including phenoxy) is 1. The number of nitrogens with zero attached hydrogens (tertiary/aromatic N) is 1. The average molecular weight is 399 g/mol. The van der Waals surface area contributed by atoms with Crippen molar-refractivity contribution in [3.63, 3.8) is 0 Å². The van der Waals surface area contributed by atoms with E-state index in [1.807, 2.05) is 0 Å². The first kappa shape index (κ1) is 20.6. The first-order valence-electron chi connectivity index (χ1n) is 7.74. The fourth-order valence-electron chi connectivity index (χ4n) is 2.19. The van der Waals surface area contributed by atoms with Crippen LogP contribution in [0.2, 0.25) is 0 Å². The third-order valence-corrected chi connectivity index (χ3v) is 5.35. The van der Waals surface area contributed by atoms with E-state index in [0.29, 0.717) is 6.07 Å². The van der Waals surface area contributed by atoms with Crippen LogP contribution in [0.15, 0.2) is 41.3 Å². The second-order valence-corrected chi connectivity index (χ2v) is 7.86. The molecule has 27 heavy (non-hydrogen) atoms. The van der Waals surface area contributed by atoms with Crippen LogP contribution >= 0.6 is 0 Å². The highest BCUT2D eigenvalue weighted by atomic mass is 32.2. The molecule has 2 aromatic carbocycles. The minimum atomic E-state index is -3.70. The minimum Gasteiger partial charge on any atom is -0.495 e. The Labute approximate surface area is 156 Å². The van der Waals surface area contributed by atoms with E-state index >= 15 is 0 Å². The average Bonchev–Trinajstić information content (AvgIpc) is 2.59. The topological polar surface area (TPSA) is 87.7 Å². The largest absolute Gasteiger partial charge is 0.495 e. The van der Waals surface area contributed by atoms with Gasteiger partial charge in [0, 0.05) is 25.8 Å². The maximum Gasteiger partial charge on any atom is 0.243 e.